The van der Waals surface area contributed by atoms with Crippen molar-refractivity contribution in [2.45, 2.75) is 181 Å². The van der Waals surface area contributed by atoms with Crippen LogP contribution >= 0.6 is 45.3 Å². The Kier molecular flexibility index (Phi) is 28.3. The van der Waals surface area contributed by atoms with Gasteiger partial charge in [-0.2, -0.15) is 15.0 Å². The molecule has 1 unspecified atom stereocenters. The van der Waals surface area contributed by atoms with Crippen molar-refractivity contribution in [2.75, 3.05) is 92.0 Å². The van der Waals surface area contributed by atoms with Gasteiger partial charge in [0.1, 0.15) is 50.3 Å². The number of aryl methyl sites for hydroxylation is 2. The maximum Gasteiger partial charge on any atom is 0.122 e. The number of hydrogen-bond donors (Lipinski definition) is 2. The number of morpholine rings is 2. The van der Waals surface area contributed by atoms with E-state index in [2.05, 4.69) is 130 Å². The quantitative estimate of drug-likeness (QED) is 0.0298. The number of aliphatic hydroxyl groups excluding tert-OH is 2. The van der Waals surface area contributed by atoms with E-state index in [1.807, 2.05) is 45.3 Å². The topological polar surface area (TPSA) is 89.6 Å². The minimum atomic E-state index is -0.126. The Morgan fingerprint density at radius 2 is 0.880 bits per heavy atom. The number of benzene rings is 3. The largest absolute Gasteiger partial charge is 1.00 e. The van der Waals surface area contributed by atoms with E-state index < -0.39 is 0 Å². The van der Waals surface area contributed by atoms with Gasteiger partial charge in [-0.1, -0.05) is 140 Å². The third kappa shape index (κ3) is 18.0. The molecule has 5 aromatic heterocycles. The number of fused-ring (bicyclic) bond motifs is 4. The van der Waals surface area contributed by atoms with Crippen LogP contribution in [0, 0.1) is 19.8 Å². The minimum Gasteiger partial charge on any atom is -1.00 e. The molecular formula is C77H105Br2N5O4S4. The zero-order chi connectivity index (χ0) is 62.2. The molecule has 2 N–H and O–H groups in total. The van der Waals surface area contributed by atoms with Crippen molar-refractivity contribution in [1.29, 1.82) is 0 Å². The second-order valence-corrected chi connectivity index (χ2v) is 31.7. The second kappa shape index (κ2) is 35.7. The van der Waals surface area contributed by atoms with E-state index in [1.165, 1.54) is 212 Å². The van der Waals surface area contributed by atoms with E-state index in [-0.39, 0.29) is 52.6 Å². The van der Waals surface area contributed by atoms with E-state index >= 15 is 0 Å². The van der Waals surface area contributed by atoms with Gasteiger partial charge >= 0.3 is 0 Å². The van der Waals surface area contributed by atoms with Crippen molar-refractivity contribution in [3.63, 3.8) is 0 Å². The lowest BCUT2D eigenvalue weighted by Gasteiger charge is -2.41. The molecule has 2 saturated heterocycles. The number of aromatic nitrogens is 3. The number of thiophene rings is 4. The van der Waals surface area contributed by atoms with E-state index in [1.54, 1.807) is 0 Å². The molecule has 8 aromatic rings. The molecule has 0 saturated carbocycles. The predicted molar refractivity (Wildman–Crippen MR) is 384 cm³/mol. The molecule has 0 spiro atoms. The van der Waals surface area contributed by atoms with Crippen molar-refractivity contribution in [1.82, 2.24) is 15.0 Å². The Morgan fingerprint density at radius 3 is 1.39 bits per heavy atom. The first-order chi connectivity index (χ1) is 44.1. The van der Waals surface area contributed by atoms with Gasteiger partial charge in [-0.05, 0) is 171 Å². The van der Waals surface area contributed by atoms with Crippen LogP contribution in [-0.4, -0.2) is 126 Å². The fraction of sp³-hybridized carbons (Fsp3) is 0.558. The molecule has 3 aromatic carbocycles. The van der Waals surface area contributed by atoms with E-state index in [4.69, 9.17) is 19.7 Å². The zero-order valence-electron chi connectivity index (χ0n) is 55.8. The van der Waals surface area contributed by atoms with Crippen LogP contribution in [0.1, 0.15) is 177 Å². The molecule has 2 aliphatic heterocycles. The number of unbranched alkanes of at least 4 members (excludes halogenated alkanes) is 14. The van der Waals surface area contributed by atoms with Crippen LogP contribution in [0.25, 0.3) is 73.0 Å². The first-order valence-electron chi connectivity index (χ1n) is 35.2. The maximum atomic E-state index is 10.1. The summed E-state index contributed by atoms with van der Waals surface area (Å²) in [7, 11) is 0. The molecule has 0 amide bonds. The van der Waals surface area contributed by atoms with Gasteiger partial charge in [0.25, 0.3) is 0 Å². The summed E-state index contributed by atoms with van der Waals surface area (Å²) in [5, 5.41) is 30.8. The average molecular weight is 1450 g/mol. The molecule has 3 aliphatic rings. The third-order valence-corrected chi connectivity index (χ3v) is 25.6. The molecule has 500 valence electrons. The second-order valence-electron chi connectivity index (χ2n) is 27.1. The lowest BCUT2D eigenvalue weighted by molar-refractivity contribution is -0.935. The number of halogens is 2. The van der Waals surface area contributed by atoms with Gasteiger partial charge < -0.3 is 62.6 Å². The number of rotatable bonds is 37. The summed E-state index contributed by atoms with van der Waals surface area (Å²) in [6.45, 7) is 21.6. The number of quaternary nitrogens is 2. The number of aliphatic hydroxyl groups is 2. The fourth-order valence-electron chi connectivity index (χ4n) is 15.4. The van der Waals surface area contributed by atoms with Crippen molar-refractivity contribution < 1.29 is 62.6 Å². The van der Waals surface area contributed by atoms with Gasteiger partial charge in [-0.25, -0.2) is 0 Å². The third-order valence-electron chi connectivity index (χ3n) is 20.8. The zero-order valence-corrected chi connectivity index (χ0v) is 62.3. The van der Waals surface area contributed by atoms with Gasteiger partial charge in [-0.3, -0.25) is 0 Å². The normalized spacial score (nSPS) is 15.9. The van der Waals surface area contributed by atoms with Crippen LogP contribution in [0.5, 0.6) is 0 Å². The highest BCUT2D eigenvalue weighted by molar-refractivity contribution is 7.25. The first-order valence-corrected chi connectivity index (χ1v) is 38.5. The van der Waals surface area contributed by atoms with Gasteiger partial charge in [0, 0.05) is 50.0 Å². The summed E-state index contributed by atoms with van der Waals surface area (Å²) in [5.74, 6) is 0.611. The lowest BCUT2D eigenvalue weighted by atomic mass is 9.70. The summed E-state index contributed by atoms with van der Waals surface area (Å²) in [6, 6.07) is 38.2. The summed E-state index contributed by atoms with van der Waals surface area (Å²) in [4.78, 5) is 12.6. The van der Waals surface area contributed by atoms with Crippen molar-refractivity contribution in [2.24, 2.45) is 5.92 Å². The van der Waals surface area contributed by atoms with Crippen LogP contribution < -0.4 is 34.0 Å². The Bertz CT molecular complexity index is 3460. The van der Waals surface area contributed by atoms with Gasteiger partial charge in [0.05, 0.1) is 59.3 Å². The standard InChI is InChI=1S/C77H105N5O4S4.2BrH/c1-5-7-9-11-12-18-24-60(23-17-10-8-6-2)57-80-78-75-58(3)25-29-65(76(75)79-80)70-35-38-74(90-70)73-37-34-69(89-73)62-28-31-64-63-30-27-61(68-33-36-72(88-68)71-32-26-59(4)87-71)55-66(63)77(67(64)56-62,39-19-13-15-21-41-81(43-49-83)45-51-85-52-46-81)40-20-14-16-22-42-82(44-50-84)47-53-86-54-48-82;;/h25-38,55-56,60,83-84H,5-24,39-54,57H2,1-4H3;2*1H/q+2;;/p-2. The summed E-state index contributed by atoms with van der Waals surface area (Å²) in [6.07, 6.45) is 27.6. The van der Waals surface area contributed by atoms with Crippen molar-refractivity contribution in [3.05, 3.63) is 119 Å². The molecule has 7 heterocycles. The number of nitrogens with zero attached hydrogens (tertiary/aromatic N) is 5. The highest BCUT2D eigenvalue weighted by Crippen LogP contribution is 2.57. The lowest BCUT2D eigenvalue weighted by Crippen LogP contribution is -3.00. The molecule has 0 radical (unpaired) electrons. The molecular weight excluding hydrogens is 1350 g/mol. The first kappa shape index (κ1) is 72.8. The Balaban J connectivity index is 0.00000500. The van der Waals surface area contributed by atoms with Crippen LogP contribution in [0.2, 0.25) is 0 Å². The molecule has 11 rings (SSSR count). The van der Waals surface area contributed by atoms with Crippen LogP contribution in [0.4, 0.5) is 0 Å². The van der Waals surface area contributed by atoms with Crippen molar-refractivity contribution >= 4 is 56.4 Å². The van der Waals surface area contributed by atoms with E-state index in [9.17, 15) is 10.2 Å². The van der Waals surface area contributed by atoms with Gasteiger partial charge in [0.2, 0.25) is 0 Å². The molecule has 2 fully saturated rings. The van der Waals surface area contributed by atoms with E-state index in [0.717, 1.165) is 118 Å². The Hall–Kier alpha value is -3.42. The molecule has 1 aliphatic carbocycles. The Labute approximate surface area is 588 Å². The molecule has 0 bridgehead atoms. The summed E-state index contributed by atoms with van der Waals surface area (Å²) < 4.78 is 13.6. The number of hydrogen-bond acceptors (Lipinski definition) is 10. The monoisotopic (exact) mass is 1450 g/mol. The smallest absolute Gasteiger partial charge is 0.122 e. The highest BCUT2D eigenvalue weighted by atomic mass is 79.9. The van der Waals surface area contributed by atoms with Gasteiger partial charge in [0.15, 0.2) is 0 Å². The number of ether oxygens (including phenoxy) is 2. The summed E-state index contributed by atoms with van der Waals surface area (Å²) >= 11 is 7.64. The average Bonchev–Trinajstić information content (AvgIpc) is 1.56. The minimum absolute atomic E-state index is 0. The van der Waals surface area contributed by atoms with Crippen LogP contribution in [-0.2, 0) is 21.4 Å². The highest BCUT2D eigenvalue weighted by Gasteiger charge is 2.43. The van der Waals surface area contributed by atoms with Gasteiger partial charge in [-0.15, -0.1) is 45.3 Å². The maximum absolute atomic E-state index is 10.1. The van der Waals surface area contributed by atoms with E-state index in [0.29, 0.717) is 5.92 Å². The van der Waals surface area contributed by atoms with Crippen LogP contribution in [0.15, 0.2) is 97.1 Å². The van der Waals surface area contributed by atoms with Crippen LogP contribution in [0.3, 0.4) is 0 Å². The Morgan fingerprint density at radius 1 is 0.457 bits per heavy atom. The molecule has 15 heteroatoms. The molecule has 1 atom stereocenters. The summed E-state index contributed by atoms with van der Waals surface area (Å²) in [5.41, 5.74) is 12.8. The molecule has 9 nitrogen and oxygen atoms in total. The fourth-order valence-corrected chi connectivity index (χ4v) is 19.5. The van der Waals surface area contributed by atoms with Crippen molar-refractivity contribution in [3.8, 4) is 62.0 Å². The molecule has 92 heavy (non-hydrogen) atoms. The SMILES string of the molecule is CCCCCCCCC(CCCCCC)Cn1nc2c(C)ccc(-c3ccc(-c4ccc(-c5ccc6c(c5)C(CCCCCC[N+]5(CCO)CCOCC5)(CCCCCC[N+]5(CCO)CCOCC5)c5cc(-c7ccc(-c8ccc(C)s8)s7)ccc5-6)s4)s3)c2n1.[Br-].[Br-]. The predicted octanol–water partition coefficient (Wildman–Crippen LogP) is 13.8.